The molecule has 1 aliphatic rings. The lowest BCUT2D eigenvalue weighted by atomic mass is 9.99. The third-order valence-electron chi connectivity index (χ3n) is 3.97. The number of nitrogens with one attached hydrogen (secondary N) is 2. The van der Waals surface area contributed by atoms with E-state index >= 15 is 0 Å². The standard InChI is InChI=1S/C17H13ClN4O4/c1-17(13-3-2-6-26-13)15(24)22(16(25)21-17)9-14(23)20-12-7-11(18)5-4-10(12)8-19/h2-7H,9H2,1H3,(H,20,23)(H,21,25). The Morgan fingerprint density at radius 2 is 2.19 bits per heavy atom. The van der Waals surface area contributed by atoms with E-state index in [0.717, 1.165) is 4.90 Å². The molecule has 1 unspecified atom stereocenters. The van der Waals surface area contributed by atoms with Crippen molar-refractivity contribution in [2.24, 2.45) is 0 Å². The molecule has 132 valence electrons. The van der Waals surface area contributed by atoms with E-state index in [1.54, 1.807) is 12.1 Å². The van der Waals surface area contributed by atoms with Gasteiger partial charge in [0.15, 0.2) is 5.54 Å². The van der Waals surface area contributed by atoms with Crippen molar-refractivity contribution in [1.82, 2.24) is 10.2 Å². The minimum atomic E-state index is -1.38. The Morgan fingerprint density at radius 3 is 2.85 bits per heavy atom. The van der Waals surface area contributed by atoms with Crippen molar-refractivity contribution in [3.63, 3.8) is 0 Å². The number of benzene rings is 1. The van der Waals surface area contributed by atoms with E-state index < -0.39 is 29.9 Å². The number of imide groups is 1. The maximum absolute atomic E-state index is 12.6. The third-order valence-corrected chi connectivity index (χ3v) is 4.20. The molecule has 1 aliphatic heterocycles. The van der Waals surface area contributed by atoms with Crippen LogP contribution in [0.25, 0.3) is 0 Å². The lowest BCUT2D eigenvalue weighted by Gasteiger charge is -2.18. The number of halogens is 1. The summed E-state index contributed by atoms with van der Waals surface area (Å²) in [7, 11) is 0. The first-order valence-corrected chi connectivity index (χ1v) is 7.90. The average Bonchev–Trinajstić information content (AvgIpc) is 3.20. The quantitative estimate of drug-likeness (QED) is 0.798. The summed E-state index contributed by atoms with van der Waals surface area (Å²) in [6.45, 7) is 0.979. The minimum Gasteiger partial charge on any atom is -0.466 e. The number of nitriles is 1. The highest BCUT2D eigenvalue weighted by atomic mass is 35.5. The summed E-state index contributed by atoms with van der Waals surface area (Å²) in [5, 5.41) is 14.4. The highest BCUT2D eigenvalue weighted by Gasteiger charge is 2.51. The van der Waals surface area contributed by atoms with Crippen LogP contribution >= 0.6 is 11.6 Å². The zero-order valence-electron chi connectivity index (χ0n) is 13.6. The number of hydrogen-bond donors (Lipinski definition) is 2. The number of urea groups is 1. The van der Waals surface area contributed by atoms with E-state index in [-0.39, 0.29) is 17.0 Å². The van der Waals surface area contributed by atoms with Crippen molar-refractivity contribution in [2.75, 3.05) is 11.9 Å². The summed E-state index contributed by atoms with van der Waals surface area (Å²) in [4.78, 5) is 37.9. The zero-order valence-corrected chi connectivity index (χ0v) is 14.3. The lowest BCUT2D eigenvalue weighted by Crippen LogP contribution is -2.41. The van der Waals surface area contributed by atoms with Crippen LogP contribution < -0.4 is 10.6 Å². The van der Waals surface area contributed by atoms with Crippen LogP contribution in [0, 0.1) is 11.3 Å². The van der Waals surface area contributed by atoms with Crippen molar-refractivity contribution >= 4 is 35.1 Å². The van der Waals surface area contributed by atoms with Gasteiger partial charge in [0.1, 0.15) is 18.4 Å². The molecule has 1 aromatic carbocycles. The normalized spacial score (nSPS) is 19.2. The van der Waals surface area contributed by atoms with Gasteiger partial charge in [0, 0.05) is 5.02 Å². The number of nitrogens with zero attached hydrogens (tertiary/aromatic N) is 2. The van der Waals surface area contributed by atoms with Gasteiger partial charge in [-0.25, -0.2) is 4.79 Å². The summed E-state index contributed by atoms with van der Waals surface area (Å²) in [5.74, 6) is -0.990. The Hall–Kier alpha value is -3.31. The molecule has 26 heavy (non-hydrogen) atoms. The van der Waals surface area contributed by atoms with Gasteiger partial charge in [-0.05, 0) is 37.3 Å². The van der Waals surface area contributed by atoms with Crippen LogP contribution in [0.2, 0.25) is 5.02 Å². The topological polar surface area (TPSA) is 115 Å². The van der Waals surface area contributed by atoms with E-state index in [9.17, 15) is 14.4 Å². The fourth-order valence-corrected chi connectivity index (χ4v) is 2.79. The van der Waals surface area contributed by atoms with Crippen LogP contribution in [0.1, 0.15) is 18.2 Å². The number of rotatable bonds is 4. The molecule has 2 aromatic rings. The molecule has 1 atom stereocenters. The number of hydrogen-bond acceptors (Lipinski definition) is 5. The monoisotopic (exact) mass is 372 g/mol. The van der Waals surface area contributed by atoms with Crippen LogP contribution in [-0.2, 0) is 15.1 Å². The van der Waals surface area contributed by atoms with Crippen LogP contribution in [0.5, 0.6) is 0 Å². The lowest BCUT2D eigenvalue weighted by molar-refractivity contribution is -0.134. The van der Waals surface area contributed by atoms with E-state index in [1.807, 2.05) is 6.07 Å². The van der Waals surface area contributed by atoms with Gasteiger partial charge in [0.05, 0.1) is 17.5 Å². The molecular weight excluding hydrogens is 360 g/mol. The molecule has 2 heterocycles. The molecule has 1 saturated heterocycles. The summed E-state index contributed by atoms with van der Waals surface area (Å²) in [6.07, 6.45) is 1.39. The first-order chi connectivity index (χ1) is 12.3. The van der Waals surface area contributed by atoms with Crippen LogP contribution in [-0.4, -0.2) is 29.3 Å². The highest BCUT2D eigenvalue weighted by molar-refractivity contribution is 6.31. The van der Waals surface area contributed by atoms with E-state index in [4.69, 9.17) is 21.3 Å². The van der Waals surface area contributed by atoms with Crippen LogP contribution in [0.15, 0.2) is 41.0 Å². The van der Waals surface area contributed by atoms with Gasteiger partial charge in [0.2, 0.25) is 5.91 Å². The molecule has 0 radical (unpaired) electrons. The molecule has 3 rings (SSSR count). The Balaban J connectivity index is 1.76. The maximum Gasteiger partial charge on any atom is 0.325 e. The largest absolute Gasteiger partial charge is 0.466 e. The Kier molecular flexibility index (Phi) is 4.40. The zero-order chi connectivity index (χ0) is 18.9. The predicted octanol–water partition coefficient (Wildman–Crippen LogP) is 2.21. The minimum absolute atomic E-state index is 0.200. The van der Waals surface area contributed by atoms with Gasteiger partial charge in [-0.1, -0.05) is 11.6 Å². The number of carbonyl (C=O) groups excluding carboxylic acids is 3. The van der Waals surface area contributed by atoms with Crippen molar-refractivity contribution in [1.29, 1.82) is 5.26 Å². The molecule has 0 bridgehead atoms. The molecule has 1 aromatic heterocycles. The molecule has 0 aliphatic carbocycles. The summed E-state index contributed by atoms with van der Waals surface area (Å²) in [6, 6.07) is 8.76. The van der Waals surface area contributed by atoms with E-state index in [0.29, 0.717) is 5.02 Å². The van der Waals surface area contributed by atoms with Crippen molar-refractivity contribution in [2.45, 2.75) is 12.5 Å². The molecular formula is C17H13ClN4O4. The molecule has 1 fully saturated rings. The molecule has 0 saturated carbocycles. The molecule has 2 N–H and O–H groups in total. The Labute approximate surface area is 153 Å². The average molecular weight is 373 g/mol. The second-order valence-electron chi connectivity index (χ2n) is 5.77. The molecule has 4 amide bonds. The summed E-state index contributed by atoms with van der Waals surface area (Å²) >= 11 is 5.87. The van der Waals surface area contributed by atoms with Crippen molar-refractivity contribution < 1.29 is 18.8 Å². The van der Waals surface area contributed by atoms with Gasteiger partial charge in [0.25, 0.3) is 5.91 Å². The predicted molar refractivity (Wildman–Crippen MR) is 91.1 cm³/mol. The second-order valence-corrected chi connectivity index (χ2v) is 6.21. The summed E-state index contributed by atoms with van der Waals surface area (Å²) in [5.41, 5.74) is -0.972. The molecule has 8 nitrogen and oxygen atoms in total. The van der Waals surface area contributed by atoms with E-state index in [2.05, 4.69) is 10.6 Å². The second kappa shape index (κ2) is 6.54. The Morgan fingerprint density at radius 1 is 1.42 bits per heavy atom. The number of furan rings is 1. The van der Waals surface area contributed by atoms with Gasteiger partial charge in [-0.15, -0.1) is 0 Å². The number of carbonyl (C=O) groups is 3. The van der Waals surface area contributed by atoms with Gasteiger partial charge >= 0.3 is 6.03 Å². The third kappa shape index (κ3) is 3.00. The highest BCUT2D eigenvalue weighted by Crippen LogP contribution is 2.29. The molecule has 9 heteroatoms. The SMILES string of the molecule is CC1(c2ccco2)NC(=O)N(CC(=O)Nc2cc(Cl)ccc2C#N)C1=O. The smallest absolute Gasteiger partial charge is 0.325 e. The van der Waals surface area contributed by atoms with Gasteiger partial charge in [-0.2, -0.15) is 5.26 Å². The fraction of sp³-hybridized carbons (Fsp3) is 0.176. The summed E-state index contributed by atoms with van der Waals surface area (Å²) < 4.78 is 5.22. The number of anilines is 1. The van der Waals surface area contributed by atoms with Gasteiger partial charge < -0.3 is 15.1 Å². The van der Waals surface area contributed by atoms with Crippen molar-refractivity contribution in [3.8, 4) is 6.07 Å². The number of amides is 4. The van der Waals surface area contributed by atoms with Crippen LogP contribution in [0.3, 0.4) is 0 Å². The Bertz CT molecular complexity index is 935. The van der Waals surface area contributed by atoms with Crippen molar-refractivity contribution in [3.05, 3.63) is 52.9 Å². The first-order valence-electron chi connectivity index (χ1n) is 7.53. The van der Waals surface area contributed by atoms with Gasteiger partial charge in [-0.3, -0.25) is 14.5 Å². The fourth-order valence-electron chi connectivity index (χ4n) is 2.62. The first kappa shape index (κ1) is 17.5. The molecule has 0 spiro atoms. The van der Waals surface area contributed by atoms with Crippen LogP contribution in [0.4, 0.5) is 10.5 Å². The maximum atomic E-state index is 12.6. The van der Waals surface area contributed by atoms with E-state index in [1.165, 1.54) is 31.4 Å².